The predicted octanol–water partition coefficient (Wildman–Crippen LogP) is 2.03. The van der Waals surface area contributed by atoms with Crippen molar-refractivity contribution in [3.8, 4) is 0 Å². The Bertz CT molecular complexity index is 527. The van der Waals surface area contributed by atoms with Gasteiger partial charge in [-0.1, -0.05) is 23.2 Å². The highest BCUT2D eigenvalue weighted by Crippen LogP contribution is 2.28. The largest absolute Gasteiger partial charge is 0.392 e. The van der Waals surface area contributed by atoms with E-state index in [1.807, 2.05) is 0 Å². The summed E-state index contributed by atoms with van der Waals surface area (Å²) in [5, 5.41) is 15.3. The van der Waals surface area contributed by atoms with Crippen LogP contribution >= 0.6 is 23.2 Å². The second kappa shape index (κ2) is 6.26. The number of nitrogens with one attached hydrogen (secondary N) is 2. The van der Waals surface area contributed by atoms with Crippen LogP contribution < -0.4 is 10.6 Å². The quantitative estimate of drug-likeness (QED) is 0.747. The summed E-state index contributed by atoms with van der Waals surface area (Å²) in [6.07, 6.45) is -0.154. The van der Waals surface area contributed by atoms with Crippen molar-refractivity contribution in [1.82, 2.24) is 10.6 Å². The van der Waals surface area contributed by atoms with Crippen molar-refractivity contribution in [2.75, 3.05) is 6.54 Å². The number of hydrogen-bond acceptors (Lipinski definition) is 3. The van der Waals surface area contributed by atoms with Gasteiger partial charge in [-0.2, -0.15) is 0 Å². The third-order valence-corrected chi connectivity index (χ3v) is 3.91. The van der Waals surface area contributed by atoms with E-state index in [9.17, 15) is 14.3 Å². The number of halogens is 3. The summed E-state index contributed by atoms with van der Waals surface area (Å²) in [7, 11) is 0. The van der Waals surface area contributed by atoms with E-state index in [1.165, 1.54) is 12.1 Å². The van der Waals surface area contributed by atoms with Crippen LogP contribution in [0, 0.1) is 5.82 Å². The minimum absolute atomic E-state index is 0.0575. The molecule has 1 aliphatic rings. The molecular weight excluding hydrogens is 306 g/mol. The van der Waals surface area contributed by atoms with E-state index in [-0.39, 0.29) is 10.9 Å². The Hall–Kier alpha value is -0.880. The van der Waals surface area contributed by atoms with Crippen LogP contribution in [0.15, 0.2) is 12.1 Å². The molecule has 0 aromatic heterocycles. The Labute approximate surface area is 126 Å². The van der Waals surface area contributed by atoms with E-state index in [2.05, 4.69) is 10.6 Å². The predicted molar refractivity (Wildman–Crippen MR) is 75.4 cm³/mol. The zero-order valence-corrected chi connectivity index (χ0v) is 12.3. The molecule has 0 bridgehead atoms. The average molecular weight is 321 g/mol. The maximum atomic E-state index is 13.5. The van der Waals surface area contributed by atoms with Crippen LogP contribution in [0.1, 0.15) is 24.9 Å². The molecule has 1 amide bonds. The number of β-amino-alcohol motifs (C(OH)–C–C–N with tert-alkyl or cyclic N) is 1. The number of hydrogen-bond donors (Lipinski definition) is 3. The molecule has 1 aliphatic heterocycles. The van der Waals surface area contributed by atoms with Crippen LogP contribution in [0.25, 0.3) is 0 Å². The fourth-order valence-electron chi connectivity index (χ4n) is 2.18. The van der Waals surface area contributed by atoms with Gasteiger partial charge in [-0.15, -0.1) is 0 Å². The highest BCUT2D eigenvalue weighted by atomic mass is 35.5. The summed E-state index contributed by atoms with van der Waals surface area (Å²) in [5.41, 5.74) is 0.459. The van der Waals surface area contributed by atoms with Crippen molar-refractivity contribution < 1.29 is 14.3 Å². The molecule has 0 spiro atoms. The van der Waals surface area contributed by atoms with E-state index in [0.29, 0.717) is 23.6 Å². The molecule has 0 radical (unpaired) electrons. The monoisotopic (exact) mass is 320 g/mol. The molecule has 1 heterocycles. The summed E-state index contributed by atoms with van der Waals surface area (Å²) in [6.45, 7) is 2.10. The third kappa shape index (κ3) is 3.41. The molecule has 3 atom stereocenters. The van der Waals surface area contributed by atoms with Crippen molar-refractivity contribution in [2.24, 2.45) is 0 Å². The zero-order valence-electron chi connectivity index (χ0n) is 10.8. The number of benzene rings is 1. The second-order valence-electron chi connectivity index (χ2n) is 4.87. The van der Waals surface area contributed by atoms with Crippen LogP contribution in [0.2, 0.25) is 10.0 Å². The van der Waals surface area contributed by atoms with Gasteiger partial charge in [-0.05, 0) is 31.0 Å². The third-order valence-electron chi connectivity index (χ3n) is 3.29. The summed E-state index contributed by atoms with van der Waals surface area (Å²) in [4.78, 5) is 12.0. The topological polar surface area (TPSA) is 61.4 Å². The van der Waals surface area contributed by atoms with Crippen LogP contribution in [0.5, 0.6) is 0 Å². The molecule has 0 saturated carbocycles. The Kier molecular flexibility index (Phi) is 4.86. The van der Waals surface area contributed by atoms with Gasteiger partial charge in [0.05, 0.1) is 23.2 Å². The molecule has 7 heteroatoms. The molecule has 20 heavy (non-hydrogen) atoms. The summed E-state index contributed by atoms with van der Waals surface area (Å²) >= 11 is 11.6. The van der Waals surface area contributed by atoms with Crippen molar-refractivity contribution >= 4 is 29.1 Å². The van der Waals surface area contributed by atoms with E-state index < -0.39 is 24.0 Å². The summed E-state index contributed by atoms with van der Waals surface area (Å²) in [6, 6.07) is 1.63. The van der Waals surface area contributed by atoms with Crippen LogP contribution in [0.3, 0.4) is 0 Å². The van der Waals surface area contributed by atoms with E-state index in [4.69, 9.17) is 23.2 Å². The smallest absolute Gasteiger partial charge is 0.237 e. The van der Waals surface area contributed by atoms with Gasteiger partial charge in [0.15, 0.2) is 0 Å². The SMILES string of the molecule is C[C@H](NC(=O)[C@@H]1C[C@H](O)CN1)c1cc(F)c(Cl)cc1Cl. The van der Waals surface area contributed by atoms with E-state index in [1.54, 1.807) is 6.92 Å². The molecule has 3 N–H and O–H groups in total. The Morgan fingerprint density at radius 3 is 2.80 bits per heavy atom. The molecule has 4 nitrogen and oxygen atoms in total. The lowest BCUT2D eigenvalue weighted by molar-refractivity contribution is -0.123. The number of aliphatic hydroxyl groups is 1. The van der Waals surface area contributed by atoms with Gasteiger partial charge in [0.25, 0.3) is 0 Å². The van der Waals surface area contributed by atoms with Gasteiger partial charge in [0.2, 0.25) is 5.91 Å². The minimum Gasteiger partial charge on any atom is -0.392 e. The first-order valence-electron chi connectivity index (χ1n) is 6.24. The fraction of sp³-hybridized carbons (Fsp3) is 0.462. The van der Waals surface area contributed by atoms with Gasteiger partial charge in [0.1, 0.15) is 5.82 Å². The first kappa shape index (κ1) is 15.5. The molecule has 2 rings (SSSR count). The average Bonchev–Trinajstić information content (AvgIpc) is 2.80. The molecule has 1 fully saturated rings. The summed E-state index contributed by atoms with van der Waals surface area (Å²) in [5.74, 6) is -0.831. The highest BCUT2D eigenvalue weighted by molar-refractivity contribution is 6.35. The fourth-order valence-corrected chi connectivity index (χ4v) is 2.73. The lowest BCUT2D eigenvalue weighted by atomic mass is 10.1. The van der Waals surface area contributed by atoms with E-state index in [0.717, 1.165) is 0 Å². The number of carbonyl (C=O) groups is 1. The normalized spacial score (nSPS) is 23.6. The first-order valence-corrected chi connectivity index (χ1v) is 7.00. The maximum Gasteiger partial charge on any atom is 0.237 e. The van der Waals surface area contributed by atoms with Crippen LogP contribution in [0.4, 0.5) is 4.39 Å². The van der Waals surface area contributed by atoms with Gasteiger partial charge in [-0.3, -0.25) is 4.79 Å². The molecule has 1 aromatic rings. The lowest BCUT2D eigenvalue weighted by Gasteiger charge is -2.19. The molecule has 1 aromatic carbocycles. The standard InChI is InChI=1S/C13H15Cl2FN2O2/c1-6(8-3-11(16)10(15)4-9(8)14)18-13(20)12-2-7(19)5-17-12/h3-4,6-7,12,17,19H,2,5H2,1H3,(H,18,20)/t6-,7-,12-/m0/s1. The van der Waals surface area contributed by atoms with Crippen molar-refractivity contribution in [1.29, 1.82) is 0 Å². The summed E-state index contributed by atoms with van der Waals surface area (Å²) < 4.78 is 13.5. The molecule has 1 saturated heterocycles. The molecule has 110 valence electrons. The zero-order chi connectivity index (χ0) is 14.9. The Balaban J connectivity index is 2.06. The van der Waals surface area contributed by atoms with Gasteiger partial charge in [-0.25, -0.2) is 4.39 Å². The Morgan fingerprint density at radius 2 is 2.20 bits per heavy atom. The second-order valence-corrected chi connectivity index (χ2v) is 5.68. The number of amides is 1. The number of rotatable bonds is 3. The minimum atomic E-state index is -0.582. The first-order chi connectivity index (χ1) is 9.38. The Morgan fingerprint density at radius 1 is 1.50 bits per heavy atom. The van der Waals surface area contributed by atoms with Gasteiger partial charge < -0.3 is 15.7 Å². The van der Waals surface area contributed by atoms with Crippen LogP contribution in [-0.4, -0.2) is 29.7 Å². The van der Waals surface area contributed by atoms with Gasteiger partial charge >= 0.3 is 0 Å². The highest BCUT2D eigenvalue weighted by Gasteiger charge is 2.29. The molecule has 0 unspecified atom stereocenters. The van der Waals surface area contributed by atoms with Crippen molar-refractivity contribution in [3.05, 3.63) is 33.6 Å². The van der Waals surface area contributed by atoms with E-state index >= 15 is 0 Å². The molecule has 0 aliphatic carbocycles. The lowest BCUT2D eigenvalue weighted by Crippen LogP contribution is -2.41. The van der Waals surface area contributed by atoms with Crippen LogP contribution in [-0.2, 0) is 4.79 Å². The number of aliphatic hydroxyl groups excluding tert-OH is 1. The number of carbonyl (C=O) groups excluding carboxylic acids is 1. The maximum absolute atomic E-state index is 13.5. The van der Waals surface area contributed by atoms with Crippen molar-refractivity contribution in [2.45, 2.75) is 31.5 Å². The van der Waals surface area contributed by atoms with Crippen molar-refractivity contribution in [3.63, 3.8) is 0 Å². The molecular formula is C13H15Cl2FN2O2. The van der Waals surface area contributed by atoms with Gasteiger partial charge in [0, 0.05) is 11.6 Å².